The average Bonchev–Trinajstić information content (AvgIpc) is 0.758. The second-order valence-electron chi connectivity index (χ2n) is 34.4. The number of methoxy groups -OCH3 is 1. The van der Waals surface area contributed by atoms with Crippen molar-refractivity contribution in [3.05, 3.63) is 458 Å². The van der Waals surface area contributed by atoms with Crippen molar-refractivity contribution >= 4 is 104 Å². The molecule has 0 bridgehead atoms. The largest absolute Gasteiger partial charge is 0.392 e. The minimum atomic E-state index is -0.863. The van der Waals surface area contributed by atoms with Gasteiger partial charge in [-0.1, -0.05) is 253 Å². The quantitative estimate of drug-likeness (QED) is 0.0677. The Kier molecular flexibility index (Phi) is 27.9. The van der Waals surface area contributed by atoms with E-state index in [1.165, 1.54) is 45.0 Å². The van der Waals surface area contributed by atoms with Crippen LogP contribution in [0.25, 0.3) is 75.1 Å². The number of nitrogens with zero attached hydrogens (tertiary/aromatic N) is 12. The van der Waals surface area contributed by atoms with Crippen molar-refractivity contribution in [1.29, 1.82) is 0 Å². The summed E-state index contributed by atoms with van der Waals surface area (Å²) in [6.07, 6.45) is 13.8. The first-order chi connectivity index (χ1) is 66.8. The molecule has 1 aliphatic heterocycles. The van der Waals surface area contributed by atoms with Crippen molar-refractivity contribution in [3.63, 3.8) is 0 Å². The number of nitrogens with two attached hydrogens (primary N) is 4. The van der Waals surface area contributed by atoms with Gasteiger partial charge in [0.1, 0.15) is 23.3 Å². The monoisotopic (exact) mass is 1880 g/mol. The van der Waals surface area contributed by atoms with Crippen molar-refractivity contribution in [1.82, 2.24) is 39.7 Å². The van der Waals surface area contributed by atoms with Gasteiger partial charge in [-0.15, -0.1) is 0 Å². The zero-order chi connectivity index (χ0) is 94.9. The first-order valence-corrected chi connectivity index (χ1v) is 46.5. The molecule has 24 heteroatoms. The Morgan fingerprint density at radius 2 is 0.737 bits per heavy atom. The Labute approximate surface area is 814 Å². The molecule has 11 aromatic carbocycles. The van der Waals surface area contributed by atoms with Crippen LogP contribution in [0.3, 0.4) is 0 Å². The highest BCUT2D eigenvalue weighted by Gasteiger charge is 2.36. The number of rotatable bonds is 13. The summed E-state index contributed by atoms with van der Waals surface area (Å²) >= 11 is 25.0. The Hall–Kier alpha value is -15.0. The van der Waals surface area contributed by atoms with Crippen LogP contribution in [0.4, 0.5) is 66.4 Å². The van der Waals surface area contributed by atoms with Crippen molar-refractivity contribution in [3.8, 4) is 55.8 Å². The first-order valence-electron chi connectivity index (χ1n) is 45.0. The van der Waals surface area contributed by atoms with Crippen molar-refractivity contribution in [2.24, 2.45) is 0 Å². The van der Waals surface area contributed by atoms with Gasteiger partial charge in [0.05, 0.1) is 48.6 Å². The van der Waals surface area contributed by atoms with Gasteiger partial charge in [0.2, 0.25) is 28.7 Å². The van der Waals surface area contributed by atoms with E-state index in [0.29, 0.717) is 62.4 Å². The number of hydrogen-bond acceptors (Lipinski definition) is 14. The summed E-state index contributed by atoms with van der Waals surface area (Å²) in [5.74, 6) is 0.650. The van der Waals surface area contributed by atoms with E-state index in [4.69, 9.17) is 105 Å². The van der Waals surface area contributed by atoms with Crippen LogP contribution in [0.15, 0.2) is 292 Å². The zero-order valence-corrected chi connectivity index (χ0v) is 77.7. The van der Waals surface area contributed by atoms with Crippen molar-refractivity contribution < 1.29 is 13.5 Å². The predicted molar refractivity (Wildman–Crippen MR) is 547 cm³/mol. The summed E-state index contributed by atoms with van der Waals surface area (Å²) in [6.45, 7) is 37.3. The van der Waals surface area contributed by atoms with Gasteiger partial charge in [0.15, 0.2) is 11.6 Å². The Bertz CT molecular complexity index is 7440. The van der Waals surface area contributed by atoms with E-state index in [9.17, 15) is 8.78 Å². The number of halogens is 6. The van der Waals surface area contributed by atoms with E-state index in [-0.39, 0.29) is 41.2 Å². The molecule has 22 rings (SSSR count). The molecule has 1 fully saturated rings. The molecule has 5 aliphatic carbocycles. The molecule has 6 aliphatic rings. The maximum atomic E-state index is 13.7. The highest BCUT2D eigenvalue weighted by molar-refractivity contribution is 6.42. The lowest BCUT2D eigenvalue weighted by Crippen LogP contribution is -2.47. The van der Waals surface area contributed by atoms with E-state index in [1.54, 1.807) is 31.8 Å². The molecule has 0 spiro atoms. The van der Waals surface area contributed by atoms with Crippen LogP contribution in [0.2, 0.25) is 20.1 Å². The maximum absolute atomic E-state index is 13.7. The van der Waals surface area contributed by atoms with E-state index < -0.39 is 11.6 Å². The van der Waals surface area contributed by atoms with Gasteiger partial charge in [-0.3, -0.25) is 24.8 Å². The van der Waals surface area contributed by atoms with Crippen LogP contribution in [0.5, 0.6) is 0 Å². The van der Waals surface area contributed by atoms with Gasteiger partial charge in [0, 0.05) is 128 Å². The molecule has 0 amide bonds. The third kappa shape index (κ3) is 19.4. The van der Waals surface area contributed by atoms with E-state index in [2.05, 4.69) is 193 Å². The van der Waals surface area contributed by atoms with Gasteiger partial charge in [-0.2, -0.15) is 0 Å². The third-order valence-electron chi connectivity index (χ3n) is 26.5. The van der Waals surface area contributed by atoms with Crippen LogP contribution < -0.4 is 28.3 Å². The molecule has 676 valence electrons. The molecule has 6 heterocycles. The number of anilines is 6. The fraction of sp³-hybridized carbons (Fsp3) is 0.168. The molecule has 5 aromatic heterocycles. The molecule has 1 saturated heterocycles. The summed E-state index contributed by atoms with van der Waals surface area (Å²) in [5, 5.41) is 6.05. The lowest BCUT2D eigenvalue weighted by Gasteiger charge is -2.34. The lowest BCUT2D eigenvalue weighted by molar-refractivity contribution is 0.0976. The molecular formula is C113H91Cl4F2N17O. The third-order valence-corrected chi connectivity index (χ3v) is 27.9. The number of hydrogen-bond donors (Lipinski definition) is 5. The normalized spacial score (nSPS) is 15.8. The number of aromatic nitrogens is 6. The van der Waals surface area contributed by atoms with E-state index in [1.807, 2.05) is 122 Å². The smallest absolute Gasteiger partial charge is 0.235 e. The number of nitrogen functional groups attached to an aromatic ring is 4. The first kappa shape index (κ1) is 92.4. The topological polar surface area (TPSA) is 227 Å². The molecule has 18 nitrogen and oxygen atoms in total. The van der Waals surface area contributed by atoms with Gasteiger partial charge >= 0.3 is 0 Å². The molecular weight excluding hydrogens is 1790 g/mol. The summed E-state index contributed by atoms with van der Waals surface area (Å²) < 4.78 is 32.3. The Morgan fingerprint density at radius 3 is 1.19 bits per heavy atom. The fourth-order valence-corrected chi connectivity index (χ4v) is 20.5. The molecule has 0 radical (unpaired) electrons. The van der Waals surface area contributed by atoms with Crippen LogP contribution in [-0.2, 0) is 43.3 Å². The number of piperazine rings is 1. The second kappa shape index (κ2) is 41.4. The minimum absolute atomic E-state index is 0.136. The fourth-order valence-electron chi connectivity index (χ4n) is 19.8. The van der Waals surface area contributed by atoms with E-state index >= 15 is 0 Å². The molecule has 9 N–H and O–H groups in total. The summed E-state index contributed by atoms with van der Waals surface area (Å²) in [4.78, 5) is 45.9. The number of benzene rings is 11. The highest BCUT2D eigenvalue weighted by atomic mass is 35.5. The standard InChI is InChI=1S/C33H35Cl2N5O.2C20H14ClN3.C20H13F2N3.C20H15N3/c1-41-19-18-40-16-14-39(15-17-40)13-12-23-6-9-26(10-7-23)37-33-36-22-25-20-29(24-8-11-30(34)31(35)21-24)27-4-2-3-5-28(27)32(25)38-33;1-23-19-18-12(11-24-20(19)22)10-16(13-6-2-3-8-15(13)18)14-7-4-5-9-17(14)21;1-23-19-18-13(11-24-20(19)22)10-17(12-6-8-14(21)9-7-12)15-4-2-3-5-16(15)18;1-24-19-18-12(10-25-20(19)23)8-15(13-4-2-3-5-14(13)18)11-6-7-16(21)17(22)9-11;1-22-19-18-14(12-23-20(19)21)11-17(13-7-3-2-4-8-13)15-9-5-6-10-16(15)18/h2-11,21-22,29H,12-20H2,1H3,(H,36,37,38);2-9,11,16H,10H2,(H2,22,24);2-9,11,17H,10H2,(H2,22,24);2-7,9-10,15H,8H2,(H2,23,25);2-10,12,17H,11H2,(H2,21,23)/t29-;;;;/m0..../s1. The summed E-state index contributed by atoms with van der Waals surface area (Å²) in [6, 6.07) is 85.7. The van der Waals surface area contributed by atoms with Crippen molar-refractivity contribution in [2.45, 2.75) is 68.1 Å². The number of ether oxygens (including phenoxy) is 1. The maximum Gasteiger partial charge on any atom is 0.235 e. The summed E-state index contributed by atoms with van der Waals surface area (Å²) in [5.41, 5.74) is 54.0. The highest BCUT2D eigenvalue weighted by Crippen LogP contribution is 2.54. The molecule has 4 unspecified atom stereocenters. The number of nitrogens with one attached hydrogen (secondary N) is 1. The molecule has 137 heavy (non-hydrogen) atoms. The lowest BCUT2D eigenvalue weighted by atomic mass is 9.76. The van der Waals surface area contributed by atoms with Gasteiger partial charge in [-0.25, -0.2) is 38.1 Å². The van der Waals surface area contributed by atoms with Gasteiger partial charge in [0.25, 0.3) is 0 Å². The average molecular weight is 1880 g/mol. The minimum Gasteiger partial charge on any atom is -0.392 e. The van der Waals surface area contributed by atoms with Gasteiger partial charge < -0.3 is 37.9 Å². The second-order valence-corrected chi connectivity index (χ2v) is 36.0. The Morgan fingerprint density at radius 1 is 0.365 bits per heavy atom. The van der Waals surface area contributed by atoms with Crippen LogP contribution in [0.1, 0.15) is 119 Å². The number of fused-ring (bicyclic) bond motifs is 15. The van der Waals surface area contributed by atoms with Crippen LogP contribution >= 0.6 is 46.4 Å². The molecule has 5 atom stereocenters. The summed E-state index contributed by atoms with van der Waals surface area (Å²) in [7, 11) is 1.77. The van der Waals surface area contributed by atoms with Crippen LogP contribution in [0, 0.1) is 37.9 Å². The Balaban J connectivity index is 0.000000116. The zero-order valence-electron chi connectivity index (χ0n) is 74.6. The SMILES string of the molecule is COCCN1CCN(CCc2ccc(Nc3ncc4c(n3)-c3ccccc3[C@H](c3ccc(Cl)c(Cl)c3)C4)cc2)CC1.[C-]#[N+]c1c(N)ncc2c1-c1ccccc1C(c1ccc(Cl)cc1)C2.[C-]#[N+]c1c(N)ncc2c1-c1ccccc1C(c1ccc(F)c(F)c1)C2.[C-]#[N+]c1c(N)ncc2c1-c1ccccc1C(c1ccccc1)C2.[C-]#[N+]c1c(N)ncc2c1-c1ccccc1C(c1ccccc1Cl)C2. The van der Waals surface area contributed by atoms with E-state index in [0.717, 1.165) is 200 Å². The van der Waals surface area contributed by atoms with Crippen LogP contribution in [-0.4, -0.2) is 92.7 Å². The van der Waals surface area contributed by atoms with Crippen molar-refractivity contribution in [2.75, 3.05) is 81.2 Å². The number of pyridine rings is 4. The predicted octanol–water partition coefficient (Wildman–Crippen LogP) is 26.6. The molecule has 0 saturated carbocycles. The molecule has 16 aromatic rings. The van der Waals surface area contributed by atoms with Gasteiger partial charge in [-0.05, 0) is 227 Å².